The monoisotopic (exact) mass is 382 g/mol. The van der Waals surface area contributed by atoms with Gasteiger partial charge in [-0.2, -0.15) is 0 Å². The molecule has 2 aromatic rings. The lowest BCUT2D eigenvalue weighted by Crippen LogP contribution is -2.53. The number of rotatable bonds is 4. The molecule has 2 amide bonds. The van der Waals surface area contributed by atoms with E-state index in [0.717, 1.165) is 0 Å². The molecule has 1 N–H and O–H groups in total. The topological polar surface area (TPSA) is 76.3 Å². The fraction of sp³-hybridized carbons (Fsp3) is 0.158. The molecule has 0 spiro atoms. The number of carbonyl (C=O) groups excluding carboxylic acids is 2. The molecule has 0 unspecified atom stereocenters. The number of amides is 2. The minimum atomic E-state index is -0.626. The van der Waals surface area contributed by atoms with Crippen molar-refractivity contribution >= 4 is 35.2 Å². The van der Waals surface area contributed by atoms with Gasteiger partial charge < -0.3 is 0 Å². The van der Waals surface area contributed by atoms with Crippen molar-refractivity contribution in [1.82, 2.24) is 19.6 Å². The van der Waals surface area contributed by atoms with Crippen molar-refractivity contribution in [1.29, 1.82) is 0 Å². The van der Waals surface area contributed by atoms with Gasteiger partial charge in [0.25, 0.3) is 17.4 Å². The van der Waals surface area contributed by atoms with Crippen molar-refractivity contribution in [2.24, 2.45) is 7.05 Å². The third kappa shape index (κ3) is 3.15. The van der Waals surface area contributed by atoms with Crippen LogP contribution in [0.2, 0.25) is 0 Å². The van der Waals surface area contributed by atoms with Crippen molar-refractivity contribution in [3.63, 3.8) is 0 Å². The second kappa shape index (κ2) is 7.16. The van der Waals surface area contributed by atoms with E-state index in [1.807, 2.05) is 18.2 Å². The zero-order valence-electron chi connectivity index (χ0n) is 14.9. The summed E-state index contributed by atoms with van der Waals surface area (Å²) >= 11 is 5.03. The van der Waals surface area contributed by atoms with E-state index in [0.29, 0.717) is 11.4 Å². The van der Waals surface area contributed by atoms with Crippen molar-refractivity contribution < 1.29 is 9.59 Å². The Kier molecular flexibility index (Phi) is 4.91. The third-order valence-corrected chi connectivity index (χ3v) is 4.71. The Morgan fingerprint density at radius 1 is 1.19 bits per heavy atom. The van der Waals surface area contributed by atoms with Crippen LogP contribution in [0.25, 0.3) is 11.8 Å². The molecule has 1 fully saturated rings. The Bertz CT molecular complexity index is 1050. The van der Waals surface area contributed by atoms with Crippen LogP contribution in [0.1, 0.15) is 11.3 Å². The Hall–Kier alpha value is -3.26. The molecule has 1 saturated heterocycles. The number of thiocarbonyl (C=S) groups is 1. The van der Waals surface area contributed by atoms with Gasteiger partial charge >= 0.3 is 0 Å². The third-order valence-electron chi connectivity index (χ3n) is 4.38. The maximum absolute atomic E-state index is 13.0. The van der Waals surface area contributed by atoms with Crippen molar-refractivity contribution in [3.8, 4) is 5.69 Å². The summed E-state index contributed by atoms with van der Waals surface area (Å²) in [5.74, 6) is -1.18. The van der Waals surface area contributed by atoms with Gasteiger partial charge in [-0.3, -0.25) is 29.3 Å². The summed E-state index contributed by atoms with van der Waals surface area (Å²) in [7, 11) is 1.74. The second-order valence-corrected chi connectivity index (χ2v) is 6.38. The van der Waals surface area contributed by atoms with E-state index in [-0.39, 0.29) is 28.4 Å². The van der Waals surface area contributed by atoms with E-state index in [1.165, 1.54) is 21.7 Å². The van der Waals surface area contributed by atoms with E-state index < -0.39 is 11.8 Å². The summed E-state index contributed by atoms with van der Waals surface area (Å²) in [5.41, 5.74) is 1.12. The molecule has 0 atom stereocenters. The zero-order chi connectivity index (χ0) is 19.7. The molecule has 7 nitrogen and oxygen atoms in total. The summed E-state index contributed by atoms with van der Waals surface area (Å²) in [5, 5.41) is 2.49. The summed E-state index contributed by atoms with van der Waals surface area (Å²) in [6.45, 7) is 5.50. The molecule has 0 radical (unpaired) electrons. The molecule has 8 heteroatoms. The highest BCUT2D eigenvalue weighted by molar-refractivity contribution is 7.80. The molecule has 0 aliphatic carbocycles. The van der Waals surface area contributed by atoms with Gasteiger partial charge in [-0.1, -0.05) is 24.3 Å². The van der Waals surface area contributed by atoms with Gasteiger partial charge in [0.1, 0.15) is 5.57 Å². The normalized spacial score (nSPS) is 16.0. The molecule has 0 saturated carbocycles. The van der Waals surface area contributed by atoms with Crippen molar-refractivity contribution in [3.05, 3.63) is 70.2 Å². The minimum absolute atomic E-state index is 0.0218. The molecule has 2 heterocycles. The van der Waals surface area contributed by atoms with Crippen molar-refractivity contribution in [2.45, 2.75) is 6.92 Å². The number of hydrogen-bond acceptors (Lipinski definition) is 4. The molecule has 3 rings (SSSR count). The quantitative estimate of drug-likeness (QED) is 0.374. The molecular weight excluding hydrogens is 364 g/mol. The van der Waals surface area contributed by atoms with Gasteiger partial charge in [-0.05, 0) is 37.4 Å². The lowest BCUT2D eigenvalue weighted by Gasteiger charge is -2.27. The van der Waals surface area contributed by atoms with E-state index in [9.17, 15) is 14.4 Å². The Morgan fingerprint density at radius 3 is 2.48 bits per heavy atom. The maximum atomic E-state index is 13.0. The van der Waals surface area contributed by atoms with Crippen LogP contribution in [0.15, 0.2) is 53.4 Å². The van der Waals surface area contributed by atoms with Crippen LogP contribution in [0.4, 0.5) is 0 Å². The van der Waals surface area contributed by atoms with Crippen LogP contribution in [-0.2, 0) is 16.6 Å². The summed E-state index contributed by atoms with van der Waals surface area (Å²) in [6.07, 6.45) is 2.84. The van der Waals surface area contributed by atoms with Crippen molar-refractivity contribution in [2.75, 3.05) is 6.54 Å². The number of nitrogens with zero attached hydrogens (tertiary/aromatic N) is 3. The van der Waals surface area contributed by atoms with Crippen LogP contribution in [0.3, 0.4) is 0 Å². The average Bonchev–Trinajstić information content (AvgIpc) is 2.85. The van der Waals surface area contributed by atoms with Crippen LogP contribution in [-0.4, -0.2) is 37.7 Å². The lowest BCUT2D eigenvalue weighted by molar-refractivity contribution is -0.128. The molecule has 138 valence electrons. The number of para-hydroxylation sites is 1. The first-order valence-electron chi connectivity index (χ1n) is 8.20. The van der Waals surface area contributed by atoms with Gasteiger partial charge in [-0.15, -0.1) is 6.58 Å². The first kappa shape index (κ1) is 18.5. The smallest absolute Gasteiger partial charge is 0.278 e. The molecule has 0 bridgehead atoms. The highest BCUT2D eigenvalue weighted by atomic mass is 32.1. The van der Waals surface area contributed by atoms with Crippen LogP contribution in [0.5, 0.6) is 0 Å². The maximum Gasteiger partial charge on any atom is 0.278 e. The largest absolute Gasteiger partial charge is 0.298 e. The predicted octanol–water partition coefficient (Wildman–Crippen LogP) is 1.30. The highest BCUT2D eigenvalue weighted by Crippen LogP contribution is 2.17. The molecule has 27 heavy (non-hydrogen) atoms. The Labute approximate surface area is 161 Å². The first-order valence-corrected chi connectivity index (χ1v) is 8.61. The fourth-order valence-electron chi connectivity index (χ4n) is 2.89. The van der Waals surface area contributed by atoms with Gasteiger partial charge in [-0.25, -0.2) is 4.68 Å². The van der Waals surface area contributed by atoms with E-state index >= 15 is 0 Å². The van der Waals surface area contributed by atoms with E-state index in [1.54, 1.807) is 30.8 Å². The number of benzene rings is 1. The zero-order valence-corrected chi connectivity index (χ0v) is 15.7. The molecule has 1 aliphatic heterocycles. The van der Waals surface area contributed by atoms with E-state index in [2.05, 4.69) is 11.9 Å². The SMILES string of the molecule is C=CCN1C(=O)C(=Cc2c(C)n(C)n(-c3ccccc3)c2=O)C(=O)NC1=S. The summed E-state index contributed by atoms with van der Waals surface area (Å²) < 4.78 is 3.17. The molecule has 1 aliphatic rings. The number of nitrogens with one attached hydrogen (secondary N) is 1. The van der Waals surface area contributed by atoms with Crippen LogP contribution < -0.4 is 10.9 Å². The Balaban J connectivity index is 2.13. The second-order valence-electron chi connectivity index (χ2n) is 6.00. The number of hydrogen-bond donors (Lipinski definition) is 1. The standard InChI is InChI=1S/C19H18N4O3S/c1-4-10-22-17(25)15(16(24)20-19(22)27)11-14-12(2)21(3)23(18(14)26)13-8-6-5-7-9-13/h4-9,11H,1,10H2,2-3H3,(H,20,24,27). The minimum Gasteiger partial charge on any atom is -0.298 e. The first-order chi connectivity index (χ1) is 12.9. The van der Waals surface area contributed by atoms with Gasteiger partial charge in [0.2, 0.25) is 0 Å². The Morgan fingerprint density at radius 2 is 1.85 bits per heavy atom. The predicted molar refractivity (Wildman–Crippen MR) is 106 cm³/mol. The van der Waals surface area contributed by atoms with Crippen LogP contribution in [0, 0.1) is 6.92 Å². The number of carbonyl (C=O) groups is 2. The van der Waals surface area contributed by atoms with Gasteiger partial charge in [0, 0.05) is 19.3 Å². The average molecular weight is 382 g/mol. The highest BCUT2D eigenvalue weighted by Gasteiger charge is 2.33. The molecular formula is C19H18N4O3S. The summed E-state index contributed by atoms with van der Waals surface area (Å²) in [6, 6.07) is 9.12. The van der Waals surface area contributed by atoms with Crippen LogP contribution >= 0.6 is 12.2 Å². The fourth-order valence-corrected chi connectivity index (χ4v) is 3.14. The number of aromatic nitrogens is 2. The van der Waals surface area contributed by atoms with Gasteiger partial charge in [0.05, 0.1) is 11.3 Å². The molecule has 1 aromatic heterocycles. The van der Waals surface area contributed by atoms with Gasteiger partial charge in [0.15, 0.2) is 5.11 Å². The molecule has 1 aromatic carbocycles. The lowest BCUT2D eigenvalue weighted by atomic mass is 10.1. The summed E-state index contributed by atoms with van der Waals surface area (Å²) in [4.78, 5) is 39.2. The van der Waals surface area contributed by atoms with E-state index in [4.69, 9.17) is 12.2 Å².